The Bertz CT molecular complexity index is 645. The molecule has 0 spiro atoms. The first kappa shape index (κ1) is 13.8. The van der Waals surface area contributed by atoms with Crippen molar-refractivity contribution in [3.63, 3.8) is 0 Å². The monoisotopic (exact) mass is 279 g/mol. The van der Waals surface area contributed by atoms with E-state index in [0.29, 0.717) is 6.54 Å². The SMILES string of the molecule is CCn1cc(S(=O)(=O)NCc2ccc(C)cc2)cn1. The standard InChI is InChI=1S/C13H17N3O2S/c1-3-16-10-13(9-14-16)19(17,18)15-8-12-6-4-11(2)5-7-12/h4-7,9-10,15H,3,8H2,1-2H3. The van der Waals surface area contributed by atoms with E-state index < -0.39 is 10.0 Å². The van der Waals surface area contributed by atoms with Gasteiger partial charge in [-0.25, -0.2) is 13.1 Å². The van der Waals surface area contributed by atoms with E-state index >= 15 is 0 Å². The Hall–Kier alpha value is -1.66. The maximum atomic E-state index is 12.0. The molecule has 2 aromatic rings. The number of hydrogen-bond donors (Lipinski definition) is 1. The fourth-order valence-electron chi connectivity index (χ4n) is 1.62. The molecule has 6 heteroatoms. The van der Waals surface area contributed by atoms with Crippen LogP contribution < -0.4 is 4.72 Å². The van der Waals surface area contributed by atoms with Crippen molar-refractivity contribution in [2.75, 3.05) is 0 Å². The molecule has 0 bridgehead atoms. The molecule has 0 saturated heterocycles. The van der Waals surface area contributed by atoms with Crippen LogP contribution in [0.15, 0.2) is 41.6 Å². The number of nitrogens with zero attached hydrogens (tertiary/aromatic N) is 2. The largest absolute Gasteiger partial charge is 0.272 e. The van der Waals surface area contributed by atoms with Crippen LogP contribution in [0.4, 0.5) is 0 Å². The summed E-state index contributed by atoms with van der Waals surface area (Å²) in [5.74, 6) is 0. The third-order valence-corrected chi connectivity index (χ3v) is 4.19. The highest BCUT2D eigenvalue weighted by Crippen LogP contribution is 2.09. The summed E-state index contributed by atoms with van der Waals surface area (Å²) >= 11 is 0. The van der Waals surface area contributed by atoms with Gasteiger partial charge in [0.15, 0.2) is 0 Å². The molecule has 5 nitrogen and oxygen atoms in total. The number of nitrogens with one attached hydrogen (secondary N) is 1. The van der Waals surface area contributed by atoms with Gasteiger partial charge in [-0.2, -0.15) is 5.10 Å². The van der Waals surface area contributed by atoms with Crippen molar-refractivity contribution in [3.05, 3.63) is 47.8 Å². The lowest BCUT2D eigenvalue weighted by Gasteiger charge is -2.05. The van der Waals surface area contributed by atoms with Crippen LogP contribution in [0.2, 0.25) is 0 Å². The molecule has 0 aliphatic rings. The number of aromatic nitrogens is 2. The molecule has 102 valence electrons. The fraction of sp³-hybridized carbons (Fsp3) is 0.308. The van der Waals surface area contributed by atoms with Gasteiger partial charge in [0, 0.05) is 19.3 Å². The summed E-state index contributed by atoms with van der Waals surface area (Å²) < 4.78 is 28.2. The van der Waals surface area contributed by atoms with Crippen molar-refractivity contribution in [2.45, 2.75) is 31.8 Å². The van der Waals surface area contributed by atoms with Gasteiger partial charge in [-0.3, -0.25) is 4.68 Å². The first-order valence-corrected chi connectivity index (χ1v) is 7.57. The van der Waals surface area contributed by atoms with Gasteiger partial charge in [0.05, 0.1) is 6.20 Å². The van der Waals surface area contributed by atoms with Gasteiger partial charge in [-0.15, -0.1) is 0 Å². The van der Waals surface area contributed by atoms with Crippen LogP contribution in [0.25, 0.3) is 0 Å². The van der Waals surface area contributed by atoms with E-state index in [1.807, 2.05) is 38.1 Å². The molecule has 0 saturated carbocycles. The Balaban J connectivity index is 2.07. The predicted octanol–water partition coefficient (Wildman–Crippen LogP) is 1.69. The molecule has 0 aliphatic heterocycles. The van der Waals surface area contributed by atoms with E-state index in [9.17, 15) is 8.42 Å². The molecule has 1 aromatic heterocycles. The van der Waals surface area contributed by atoms with Gasteiger partial charge in [0.25, 0.3) is 0 Å². The van der Waals surface area contributed by atoms with E-state index in [2.05, 4.69) is 9.82 Å². The van der Waals surface area contributed by atoms with Crippen molar-refractivity contribution in [3.8, 4) is 0 Å². The Morgan fingerprint density at radius 1 is 1.26 bits per heavy atom. The molecule has 1 N–H and O–H groups in total. The predicted molar refractivity (Wildman–Crippen MR) is 73.1 cm³/mol. The Labute approximate surface area is 113 Å². The minimum Gasteiger partial charge on any atom is -0.272 e. The van der Waals surface area contributed by atoms with Crippen molar-refractivity contribution in [1.29, 1.82) is 0 Å². The fourth-order valence-corrected chi connectivity index (χ4v) is 2.59. The maximum Gasteiger partial charge on any atom is 0.243 e. The van der Waals surface area contributed by atoms with E-state index in [0.717, 1.165) is 11.1 Å². The second-order valence-electron chi connectivity index (χ2n) is 4.34. The second-order valence-corrected chi connectivity index (χ2v) is 6.11. The second kappa shape index (κ2) is 5.54. The molecule has 19 heavy (non-hydrogen) atoms. The zero-order valence-electron chi connectivity index (χ0n) is 11.0. The van der Waals surface area contributed by atoms with Crippen LogP contribution in [-0.4, -0.2) is 18.2 Å². The third-order valence-electron chi connectivity index (χ3n) is 2.83. The Morgan fingerprint density at radius 2 is 1.95 bits per heavy atom. The van der Waals surface area contributed by atoms with Crippen molar-refractivity contribution in [2.24, 2.45) is 0 Å². The topological polar surface area (TPSA) is 64.0 Å². The van der Waals surface area contributed by atoms with Crippen molar-refractivity contribution < 1.29 is 8.42 Å². The number of sulfonamides is 1. The first-order valence-electron chi connectivity index (χ1n) is 6.09. The zero-order chi connectivity index (χ0) is 13.9. The lowest BCUT2D eigenvalue weighted by molar-refractivity contribution is 0.581. The molecule has 0 fully saturated rings. The van der Waals surface area contributed by atoms with Crippen LogP contribution in [0.5, 0.6) is 0 Å². The summed E-state index contributed by atoms with van der Waals surface area (Å²) in [5.41, 5.74) is 2.08. The van der Waals surface area contributed by atoms with E-state index in [1.54, 1.807) is 4.68 Å². The number of rotatable bonds is 5. The lowest BCUT2D eigenvalue weighted by atomic mass is 10.2. The smallest absolute Gasteiger partial charge is 0.243 e. The maximum absolute atomic E-state index is 12.0. The molecule has 0 unspecified atom stereocenters. The first-order chi connectivity index (χ1) is 9.01. The highest BCUT2D eigenvalue weighted by atomic mass is 32.2. The summed E-state index contributed by atoms with van der Waals surface area (Å²) in [7, 11) is -3.49. The summed E-state index contributed by atoms with van der Waals surface area (Å²) in [6, 6.07) is 7.73. The zero-order valence-corrected chi connectivity index (χ0v) is 11.8. The number of benzene rings is 1. The van der Waals surface area contributed by atoms with Gasteiger partial charge < -0.3 is 0 Å². The van der Waals surface area contributed by atoms with Crippen molar-refractivity contribution in [1.82, 2.24) is 14.5 Å². The average Bonchev–Trinajstić information content (AvgIpc) is 2.88. The molecule has 0 aliphatic carbocycles. The molecule has 0 amide bonds. The number of hydrogen-bond acceptors (Lipinski definition) is 3. The van der Waals surface area contributed by atoms with Gasteiger partial charge in [-0.05, 0) is 19.4 Å². The minimum absolute atomic E-state index is 0.196. The molecular weight excluding hydrogens is 262 g/mol. The van der Waals surface area contributed by atoms with E-state index in [-0.39, 0.29) is 11.4 Å². The van der Waals surface area contributed by atoms with E-state index in [4.69, 9.17) is 0 Å². The van der Waals surface area contributed by atoms with Crippen molar-refractivity contribution >= 4 is 10.0 Å². The van der Waals surface area contributed by atoms with Crippen LogP contribution >= 0.6 is 0 Å². The summed E-state index contributed by atoms with van der Waals surface area (Å²) in [4.78, 5) is 0.196. The summed E-state index contributed by atoms with van der Waals surface area (Å²) in [5, 5.41) is 3.97. The average molecular weight is 279 g/mol. The Kier molecular flexibility index (Phi) is 4.01. The Morgan fingerprint density at radius 3 is 2.53 bits per heavy atom. The quantitative estimate of drug-likeness (QED) is 0.906. The molecule has 1 aromatic carbocycles. The van der Waals surface area contributed by atoms with Crippen LogP contribution in [-0.2, 0) is 23.1 Å². The summed E-state index contributed by atoms with van der Waals surface area (Å²) in [6.07, 6.45) is 2.89. The summed E-state index contributed by atoms with van der Waals surface area (Å²) in [6.45, 7) is 4.82. The molecule has 0 radical (unpaired) electrons. The highest BCUT2D eigenvalue weighted by Gasteiger charge is 2.15. The molecular formula is C13H17N3O2S. The van der Waals surface area contributed by atoms with Gasteiger partial charge in [0.1, 0.15) is 4.90 Å². The van der Waals surface area contributed by atoms with E-state index in [1.165, 1.54) is 12.4 Å². The van der Waals surface area contributed by atoms with Gasteiger partial charge in [0.2, 0.25) is 10.0 Å². The van der Waals surface area contributed by atoms with Gasteiger partial charge in [-0.1, -0.05) is 29.8 Å². The molecule has 0 atom stereocenters. The normalized spacial score (nSPS) is 11.7. The third kappa shape index (κ3) is 3.42. The molecule has 1 heterocycles. The van der Waals surface area contributed by atoms with Crippen LogP contribution in [0.1, 0.15) is 18.1 Å². The van der Waals surface area contributed by atoms with Crippen LogP contribution in [0.3, 0.4) is 0 Å². The number of aryl methyl sites for hydroxylation is 2. The van der Waals surface area contributed by atoms with Gasteiger partial charge >= 0.3 is 0 Å². The minimum atomic E-state index is -3.49. The highest BCUT2D eigenvalue weighted by molar-refractivity contribution is 7.89. The van der Waals surface area contributed by atoms with Crippen LogP contribution in [0, 0.1) is 6.92 Å². The lowest BCUT2D eigenvalue weighted by Crippen LogP contribution is -2.22. The molecule has 2 rings (SSSR count).